The number of thiophene rings is 1. The molecule has 0 radical (unpaired) electrons. The van der Waals surface area contributed by atoms with Gasteiger partial charge in [0.2, 0.25) is 5.91 Å². The van der Waals surface area contributed by atoms with Crippen LogP contribution in [0.2, 0.25) is 0 Å². The highest BCUT2D eigenvalue weighted by Crippen LogP contribution is 2.28. The fraction of sp³-hybridized carbons (Fsp3) is 0.400. The third-order valence-electron chi connectivity index (χ3n) is 4.83. The van der Waals surface area contributed by atoms with Crippen LogP contribution in [0, 0.1) is 13.8 Å². The molecule has 29 heavy (non-hydrogen) atoms. The molecule has 0 saturated carbocycles. The van der Waals surface area contributed by atoms with Crippen LogP contribution < -0.4 is 10.9 Å². The smallest absolute Gasteiger partial charge is 0.291 e. The summed E-state index contributed by atoms with van der Waals surface area (Å²) in [5, 5.41) is 11.7. The predicted octanol–water partition coefficient (Wildman–Crippen LogP) is 2.29. The second kappa shape index (κ2) is 7.82. The van der Waals surface area contributed by atoms with Gasteiger partial charge in [-0.3, -0.25) is 18.7 Å². The zero-order chi connectivity index (χ0) is 20.5. The molecule has 152 valence electrons. The lowest BCUT2D eigenvalue weighted by Crippen LogP contribution is -2.35. The maximum absolute atomic E-state index is 12.9. The van der Waals surface area contributed by atoms with Gasteiger partial charge in [0.25, 0.3) is 5.56 Å². The van der Waals surface area contributed by atoms with Crippen molar-refractivity contribution in [1.29, 1.82) is 0 Å². The van der Waals surface area contributed by atoms with Gasteiger partial charge in [0, 0.05) is 30.6 Å². The number of aryl methyl sites for hydroxylation is 4. The Morgan fingerprint density at radius 2 is 2.03 bits per heavy atom. The maximum atomic E-state index is 12.9. The zero-order valence-corrected chi connectivity index (χ0v) is 17.6. The molecule has 1 amide bonds. The van der Waals surface area contributed by atoms with E-state index in [2.05, 4.69) is 28.5 Å². The monoisotopic (exact) mass is 412 g/mol. The number of carbonyl (C=O) groups is 1. The van der Waals surface area contributed by atoms with Crippen LogP contribution in [0.5, 0.6) is 0 Å². The molecule has 0 aliphatic carbocycles. The summed E-state index contributed by atoms with van der Waals surface area (Å²) in [5.74, 6) is 0.557. The molecule has 4 aromatic rings. The van der Waals surface area contributed by atoms with E-state index in [1.54, 1.807) is 11.3 Å². The SMILES string of the molecule is CCc1nn(CC(=O)NCCCn2ccc(C)n2)c(=O)c2cc3sc(C)cc3n12. The van der Waals surface area contributed by atoms with Crippen LogP contribution in [-0.4, -0.2) is 36.4 Å². The number of aromatic nitrogens is 5. The molecule has 0 aliphatic rings. The number of nitrogens with zero attached hydrogens (tertiary/aromatic N) is 5. The van der Waals surface area contributed by atoms with Gasteiger partial charge in [-0.1, -0.05) is 6.92 Å². The van der Waals surface area contributed by atoms with Gasteiger partial charge in [0.1, 0.15) is 17.9 Å². The van der Waals surface area contributed by atoms with Gasteiger partial charge in [0.15, 0.2) is 0 Å². The first-order chi connectivity index (χ1) is 14.0. The molecule has 4 aromatic heterocycles. The molecule has 9 heteroatoms. The third-order valence-corrected chi connectivity index (χ3v) is 5.82. The van der Waals surface area contributed by atoms with Crippen molar-refractivity contribution in [1.82, 2.24) is 29.3 Å². The second-order valence-corrected chi connectivity index (χ2v) is 8.42. The summed E-state index contributed by atoms with van der Waals surface area (Å²) in [6.45, 7) is 7.17. The molecule has 1 N–H and O–H groups in total. The first-order valence-corrected chi connectivity index (χ1v) is 10.6. The highest BCUT2D eigenvalue weighted by atomic mass is 32.1. The van der Waals surface area contributed by atoms with Crippen LogP contribution in [0.15, 0.2) is 29.2 Å². The lowest BCUT2D eigenvalue weighted by Gasteiger charge is -2.10. The molecule has 4 rings (SSSR count). The highest BCUT2D eigenvalue weighted by molar-refractivity contribution is 7.19. The van der Waals surface area contributed by atoms with E-state index in [4.69, 9.17) is 0 Å². The van der Waals surface area contributed by atoms with Gasteiger partial charge >= 0.3 is 0 Å². The summed E-state index contributed by atoms with van der Waals surface area (Å²) in [5.41, 5.74) is 2.31. The van der Waals surface area contributed by atoms with Crippen LogP contribution in [0.25, 0.3) is 15.7 Å². The lowest BCUT2D eigenvalue weighted by atomic mass is 10.4. The van der Waals surface area contributed by atoms with Crippen LogP contribution in [-0.2, 0) is 24.3 Å². The Morgan fingerprint density at radius 3 is 2.76 bits per heavy atom. The molecule has 8 nitrogen and oxygen atoms in total. The van der Waals surface area contributed by atoms with Crippen LogP contribution in [0.4, 0.5) is 0 Å². The van der Waals surface area contributed by atoms with Gasteiger partial charge in [-0.15, -0.1) is 11.3 Å². The van der Waals surface area contributed by atoms with Crippen molar-refractivity contribution >= 4 is 33.0 Å². The van der Waals surface area contributed by atoms with E-state index in [9.17, 15) is 9.59 Å². The van der Waals surface area contributed by atoms with Crippen LogP contribution in [0.1, 0.15) is 29.7 Å². The Hall–Kier alpha value is -2.94. The average molecular weight is 413 g/mol. The number of rotatable bonds is 7. The fourth-order valence-electron chi connectivity index (χ4n) is 3.50. The average Bonchev–Trinajstić information content (AvgIpc) is 3.35. The Bertz CT molecular complexity index is 1250. The summed E-state index contributed by atoms with van der Waals surface area (Å²) in [6.07, 6.45) is 3.36. The molecule has 0 fully saturated rings. The Morgan fingerprint density at radius 1 is 1.21 bits per heavy atom. The molecular formula is C20H24N6O2S. The number of fused-ring (bicyclic) bond motifs is 3. The van der Waals surface area contributed by atoms with E-state index in [1.807, 2.05) is 41.3 Å². The normalized spacial score (nSPS) is 11.6. The van der Waals surface area contributed by atoms with E-state index < -0.39 is 0 Å². The number of nitrogens with one attached hydrogen (secondary N) is 1. The topological polar surface area (TPSA) is 86.2 Å². The fourth-order valence-corrected chi connectivity index (χ4v) is 4.44. The van der Waals surface area contributed by atoms with Crippen LogP contribution >= 0.6 is 11.3 Å². The standard InChI is InChI=1S/C20H24N6O2S/c1-4-18-23-25(12-19(27)21-7-5-8-24-9-6-13(2)22-24)20(28)16-11-17-15(26(16)18)10-14(3)29-17/h6,9-11H,4-5,7-8,12H2,1-3H3,(H,21,27). The molecular weight excluding hydrogens is 388 g/mol. The van der Waals surface area contributed by atoms with Crippen molar-refractivity contribution in [2.24, 2.45) is 0 Å². The summed E-state index contributed by atoms with van der Waals surface area (Å²) in [4.78, 5) is 26.4. The molecule has 4 heterocycles. The predicted molar refractivity (Wildman–Crippen MR) is 114 cm³/mol. The number of hydrogen-bond donors (Lipinski definition) is 1. The van der Waals surface area contributed by atoms with Gasteiger partial charge in [-0.2, -0.15) is 10.2 Å². The van der Waals surface area contributed by atoms with E-state index in [-0.39, 0.29) is 18.0 Å². The van der Waals surface area contributed by atoms with E-state index in [1.165, 1.54) is 9.56 Å². The third kappa shape index (κ3) is 3.82. The van der Waals surface area contributed by atoms with Crippen molar-refractivity contribution in [3.8, 4) is 0 Å². The Labute approximate surface area is 171 Å². The maximum Gasteiger partial charge on any atom is 0.291 e. The molecule has 0 aliphatic heterocycles. The molecule has 0 aromatic carbocycles. The van der Waals surface area contributed by atoms with Gasteiger partial charge in [0.05, 0.1) is 15.9 Å². The van der Waals surface area contributed by atoms with Crippen LogP contribution in [0.3, 0.4) is 0 Å². The summed E-state index contributed by atoms with van der Waals surface area (Å²) in [7, 11) is 0. The van der Waals surface area contributed by atoms with Crippen molar-refractivity contribution < 1.29 is 4.79 Å². The zero-order valence-electron chi connectivity index (χ0n) is 16.8. The number of amides is 1. The molecule has 0 atom stereocenters. The minimum absolute atomic E-state index is 0.0823. The minimum atomic E-state index is -0.245. The Balaban J connectivity index is 1.47. The van der Waals surface area contributed by atoms with Crippen molar-refractivity contribution in [2.75, 3.05) is 6.54 Å². The molecule has 0 bridgehead atoms. The van der Waals surface area contributed by atoms with E-state index in [0.717, 1.165) is 34.7 Å². The molecule has 0 unspecified atom stereocenters. The highest BCUT2D eigenvalue weighted by Gasteiger charge is 2.16. The second-order valence-electron chi connectivity index (χ2n) is 7.13. The van der Waals surface area contributed by atoms with Gasteiger partial charge in [-0.25, -0.2) is 4.68 Å². The van der Waals surface area contributed by atoms with Gasteiger partial charge in [-0.05, 0) is 38.5 Å². The summed E-state index contributed by atoms with van der Waals surface area (Å²) < 4.78 is 6.11. The number of hydrogen-bond acceptors (Lipinski definition) is 5. The van der Waals surface area contributed by atoms with E-state index in [0.29, 0.717) is 18.5 Å². The largest absolute Gasteiger partial charge is 0.354 e. The van der Waals surface area contributed by atoms with Crippen molar-refractivity contribution in [3.05, 3.63) is 51.1 Å². The first-order valence-electron chi connectivity index (χ1n) is 9.74. The van der Waals surface area contributed by atoms with Crippen molar-refractivity contribution in [3.63, 3.8) is 0 Å². The van der Waals surface area contributed by atoms with E-state index >= 15 is 0 Å². The quantitative estimate of drug-likeness (QED) is 0.472. The molecule has 0 spiro atoms. The summed E-state index contributed by atoms with van der Waals surface area (Å²) in [6, 6.07) is 5.92. The minimum Gasteiger partial charge on any atom is -0.354 e. The number of carbonyl (C=O) groups excluding carboxylic acids is 1. The first kappa shape index (κ1) is 19.4. The Kier molecular flexibility index (Phi) is 5.23. The molecule has 0 saturated heterocycles. The lowest BCUT2D eigenvalue weighted by molar-refractivity contribution is -0.121. The van der Waals surface area contributed by atoms with Gasteiger partial charge < -0.3 is 5.32 Å². The van der Waals surface area contributed by atoms with Crippen molar-refractivity contribution in [2.45, 2.75) is 46.7 Å². The summed E-state index contributed by atoms with van der Waals surface area (Å²) >= 11 is 1.66.